The van der Waals surface area contributed by atoms with E-state index >= 15 is 0 Å². The number of hydrogen-bond donors (Lipinski definition) is 2. The molecule has 21 heavy (non-hydrogen) atoms. The van der Waals surface area contributed by atoms with E-state index in [1.54, 1.807) is 0 Å². The third kappa shape index (κ3) is 3.34. The second kappa shape index (κ2) is 6.69. The first-order valence-electron chi connectivity index (χ1n) is 7.42. The average molecular weight is 346 g/mol. The van der Waals surface area contributed by atoms with Gasteiger partial charge in [-0.15, -0.1) is 0 Å². The first-order chi connectivity index (χ1) is 10.3. The number of benzene rings is 1. The van der Waals surface area contributed by atoms with Crippen LogP contribution < -0.4 is 11.3 Å². The standard InChI is InChI=1S/C17H20BrN3/c18-13-8-9-14(20-11-13)10-17(21-19)16-7-3-5-12-4-1-2-6-15(12)16/h1-2,4,6,8-9,11,16-17,21H,3,5,7,10,19H2. The third-order valence-electron chi connectivity index (χ3n) is 4.33. The van der Waals surface area contributed by atoms with Crippen molar-refractivity contribution in [1.82, 2.24) is 10.4 Å². The molecule has 1 aliphatic carbocycles. The molecule has 2 atom stereocenters. The van der Waals surface area contributed by atoms with Crippen molar-refractivity contribution in [3.8, 4) is 0 Å². The Kier molecular flexibility index (Phi) is 4.68. The summed E-state index contributed by atoms with van der Waals surface area (Å²) in [5.74, 6) is 6.31. The fourth-order valence-electron chi connectivity index (χ4n) is 3.28. The molecule has 0 fully saturated rings. The molecule has 4 heteroatoms. The minimum Gasteiger partial charge on any atom is -0.271 e. The van der Waals surface area contributed by atoms with E-state index in [0.29, 0.717) is 5.92 Å². The van der Waals surface area contributed by atoms with Gasteiger partial charge in [0.15, 0.2) is 0 Å². The molecule has 2 unspecified atom stereocenters. The van der Waals surface area contributed by atoms with E-state index in [4.69, 9.17) is 5.84 Å². The van der Waals surface area contributed by atoms with Crippen LogP contribution in [0.3, 0.4) is 0 Å². The zero-order valence-electron chi connectivity index (χ0n) is 11.9. The van der Waals surface area contributed by atoms with Crippen molar-refractivity contribution < 1.29 is 0 Å². The molecule has 0 spiro atoms. The second-order valence-electron chi connectivity index (χ2n) is 5.64. The molecule has 3 rings (SSSR count). The van der Waals surface area contributed by atoms with Gasteiger partial charge in [0.2, 0.25) is 0 Å². The van der Waals surface area contributed by atoms with Crippen LogP contribution in [0.1, 0.15) is 35.6 Å². The average Bonchev–Trinajstić information content (AvgIpc) is 2.54. The lowest BCUT2D eigenvalue weighted by atomic mass is 9.77. The maximum Gasteiger partial charge on any atom is 0.0420 e. The molecular formula is C17H20BrN3. The van der Waals surface area contributed by atoms with Gasteiger partial charge in [-0.25, -0.2) is 0 Å². The lowest BCUT2D eigenvalue weighted by molar-refractivity contribution is 0.392. The highest BCUT2D eigenvalue weighted by atomic mass is 79.9. The van der Waals surface area contributed by atoms with E-state index < -0.39 is 0 Å². The number of aryl methyl sites for hydroxylation is 1. The fourth-order valence-corrected chi connectivity index (χ4v) is 3.51. The van der Waals surface area contributed by atoms with Gasteiger partial charge in [-0.1, -0.05) is 24.3 Å². The molecule has 0 amide bonds. The molecule has 3 nitrogen and oxygen atoms in total. The minimum atomic E-state index is 0.222. The second-order valence-corrected chi connectivity index (χ2v) is 6.56. The molecule has 110 valence electrons. The number of hydrazine groups is 1. The van der Waals surface area contributed by atoms with Crippen molar-refractivity contribution >= 4 is 15.9 Å². The molecule has 1 heterocycles. The zero-order valence-corrected chi connectivity index (χ0v) is 13.5. The summed E-state index contributed by atoms with van der Waals surface area (Å²) in [6.07, 6.45) is 6.29. The molecule has 0 saturated heterocycles. The molecule has 2 aromatic rings. The lowest BCUT2D eigenvalue weighted by Gasteiger charge is -2.32. The summed E-state index contributed by atoms with van der Waals surface area (Å²) in [7, 11) is 0. The van der Waals surface area contributed by atoms with E-state index in [1.807, 2.05) is 12.3 Å². The molecule has 0 bridgehead atoms. The predicted molar refractivity (Wildman–Crippen MR) is 88.9 cm³/mol. The van der Waals surface area contributed by atoms with Gasteiger partial charge in [0.05, 0.1) is 0 Å². The Morgan fingerprint density at radius 1 is 1.29 bits per heavy atom. The summed E-state index contributed by atoms with van der Waals surface area (Å²) in [5.41, 5.74) is 7.02. The summed E-state index contributed by atoms with van der Waals surface area (Å²) >= 11 is 3.42. The van der Waals surface area contributed by atoms with Crippen LogP contribution in [0, 0.1) is 0 Å². The van der Waals surface area contributed by atoms with Crippen molar-refractivity contribution in [2.24, 2.45) is 5.84 Å². The van der Waals surface area contributed by atoms with Crippen molar-refractivity contribution in [3.05, 3.63) is 63.9 Å². The van der Waals surface area contributed by atoms with Gasteiger partial charge in [0.1, 0.15) is 0 Å². The molecule has 0 aliphatic heterocycles. The van der Waals surface area contributed by atoms with Gasteiger partial charge in [0.25, 0.3) is 0 Å². The third-order valence-corrected chi connectivity index (χ3v) is 4.80. The van der Waals surface area contributed by atoms with E-state index in [2.05, 4.69) is 56.7 Å². The summed E-state index contributed by atoms with van der Waals surface area (Å²) in [6.45, 7) is 0. The van der Waals surface area contributed by atoms with Crippen LogP contribution >= 0.6 is 15.9 Å². The lowest BCUT2D eigenvalue weighted by Crippen LogP contribution is -2.42. The van der Waals surface area contributed by atoms with Crippen LogP contribution in [0.2, 0.25) is 0 Å². The van der Waals surface area contributed by atoms with Crippen molar-refractivity contribution in [2.75, 3.05) is 0 Å². The van der Waals surface area contributed by atoms with E-state index in [-0.39, 0.29) is 6.04 Å². The predicted octanol–water partition coefficient (Wildman–Crippen LogP) is 3.34. The molecule has 1 aromatic heterocycles. The van der Waals surface area contributed by atoms with Crippen molar-refractivity contribution in [2.45, 2.75) is 37.6 Å². The van der Waals surface area contributed by atoms with Gasteiger partial charge < -0.3 is 0 Å². The van der Waals surface area contributed by atoms with Gasteiger partial charge in [0, 0.05) is 34.7 Å². The molecule has 0 saturated carbocycles. The molecular weight excluding hydrogens is 326 g/mol. The van der Waals surface area contributed by atoms with Crippen molar-refractivity contribution in [1.29, 1.82) is 0 Å². The Bertz CT molecular complexity index is 597. The summed E-state index contributed by atoms with van der Waals surface area (Å²) in [5, 5.41) is 0. The van der Waals surface area contributed by atoms with Gasteiger partial charge in [-0.05, 0) is 58.5 Å². The Balaban J connectivity index is 1.82. The highest BCUT2D eigenvalue weighted by Crippen LogP contribution is 2.34. The SMILES string of the molecule is NNC(Cc1ccc(Br)cn1)C1CCCc2ccccc21. The smallest absolute Gasteiger partial charge is 0.0420 e. The summed E-state index contributed by atoms with van der Waals surface area (Å²) < 4.78 is 1.01. The van der Waals surface area contributed by atoms with Crippen LogP contribution in [0.15, 0.2) is 47.1 Å². The van der Waals surface area contributed by atoms with Gasteiger partial charge >= 0.3 is 0 Å². The van der Waals surface area contributed by atoms with Crippen LogP contribution in [-0.2, 0) is 12.8 Å². The highest BCUT2D eigenvalue weighted by Gasteiger charge is 2.27. The Morgan fingerprint density at radius 3 is 2.90 bits per heavy atom. The Hall–Kier alpha value is -1.23. The van der Waals surface area contributed by atoms with Crippen LogP contribution in [0.25, 0.3) is 0 Å². The van der Waals surface area contributed by atoms with Crippen LogP contribution in [-0.4, -0.2) is 11.0 Å². The number of hydrogen-bond acceptors (Lipinski definition) is 3. The van der Waals surface area contributed by atoms with E-state index in [0.717, 1.165) is 16.6 Å². The number of nitrogens with two attached hydrogens (primary N) is 1. The molecule has 0 radical (unpaired) electrons. The van der Waals surface area contributed by atoms with Gasteiger partial charge in [-0.3, -0.25) is 16.3 Å². The van der Waals surface area contributed by atoms with Gasteiger partial charge in [-0.2, -0.15) is 0 Å². The molecule has 1 aliphatic rings. The number of fused-ring (bicyclic) bond motifs is 1. The Labute approximate surface area is 134 Å². The number of aromatic nitrogens is 1. The first-order valence-corrected chi connectivity index (χ1v) is 8.21. The number of nitrogens with zero attached hydrogens (tertiary/aromatic N) is 1. The highest BCUT2D eigenvalue weighted by molar-refractivity contribution is 9.10. The number of pyridine rings is 1. The number of halogens is 1. The van der Waals surface area contributed by atoms with E-state index in [9.17, 15) is 0 Å². The molecule has 1 aromatic carbocycles. The minimum absolute atomic E-state index is 0.222. The summed E-state index contributed by atoms with van der Waals surface area (Å²) in [6, 6.07) is 13.1. The maximum atomic E-state index is 5.85. The van der Waals surface area contributed by atoms with Crippen molar-refractivity contribution in [3.63, 3.8) is 0 Å². The zero-order chi connectivity index (χ0) is 14.7. The quantitative estimate of drug-likeness (QED) is 0.660. The fraction of sp³-hybridized carbons (Fsp3) is 0.353. The largest absolute Gasteiger partial charge is 0.271 e. The molecule has 3 N–H and O–H groups in total. The first kappa shape index (κ1) is 14.7. The normalized spacial score (nSPS) is 19.0. The Morgan fingerprint density at radius 2 is 2.14 bits per heavy atom. The maximum absolute atomic E-state index is 5.85. The number of rotatable bonds is 4. The number of nitrogens with one attached hydrogen (secondary N) is 1. The summed E-state index contributed by atoms with van der Waals surface area (Å²) in [4.78, 5) is 4.47. The van der Waals surface area contributed by atoms with E-state index in [1.165, 1.54) is 30.4 Å². The topological polar surface area (TPSA) is 50.9 Å². The van der Waals surface area contributed by atoms with Crippen LogP contribution in [0.4, 0.5) is 0 Å². The monoisotopic (exact) mass is 345 g/mol. The van der Waals surface area contributed by atoms with Crippen LogP contribution in [0.5, 0.6) is 0 Å².